The summed E-state index contributed by atoms with van der Waals surface area (Å²) in [6.45, 7) is 7.17. The Bertz CT molecular complexity index is 783. The molecule has 28 heavy (non-hydrogen) atoms. The van der Waals surface area contributed by atoms with Crippen molar-refractivity contribution in [2.75, 3.05) is 39.3 Å². The number of nitrogens with one attached hydrogen (secondary N) is 3. The quantitative estimate of drug-likeness (QED) is 0.626. The van der Waals surface area contributed by atoms with Crippen molar-refractivity contribution in [3.05, 3.63) is 35.4 Å². The summed E-state index contributed by atoms with van der Waals surface area (Å²) < 4.78 is 0. The first kappa shape index (κ1) is 20.6. The number of amides is 4. The predicted octanol–water partition coefficient (Wildman–Crippen LogP) is 0.283. The lowest BCUT2D eigenvalue weighted by Gasteiger charge is -2.32. The van der Waals surface area contributed by atoms with Crippen LogP contribution in [-0.4, -0.2) is 73.0 Å². The maximum absolute atomic E-state index is 13.0. The van der Waals surface area contributed by atoms with Gasteiger partial charge in [0.2, 0.25) is 0 Å². The van der Waals surface area contributed by atoms with E-state index in [9.17, 15) is 14.4 Å². The Morgan fingerprint density at radius 2 is 1.93 bits per heavy atom. The van der Waals surface area contributed by atoms with Crippen LogP contribution in [0.5, 0.6) is 0 Å². The second-order valence-electron chi connectivity index (χ2n) is 7.59. The van der Waals surface area contributed by atoms with Crippen LogP contribution < -0.4 is 16.0 Å². The van der Waals surface area contributed by atoms with Gasteiger partial charge in [0.25, 0.3) is 11.8 Å². The highest BCUT2D eigenvalue weighted by Crippen LogP contribution is 2.26. The Kier molecular flexibility index (Phi) is 5.92. The number of carbonyl (C=O) groups is 3. The molecule has 0 aliphatic carbocycles. The van der Waals surface area contributed by atoms with Gasteiger partial charge in [-0.15, -0.1) is 12.4 Å². The molecule has 1 aromatic carbocycles. The summed E-state index contributed by atoms with van der Waals surface area (Å²) in [4.78, 5) is 41.0. The lowest BCUT2D eigenvalue weighted by atomic mass is 9.91. The number of benzene rings is 1. The van der Waals surface area contributed by atoms with Gasteiger partial charge in [-0.1, -0.05) is 12.1 Å². The Morgan fingerprint density at radius 3 is 2.61 bits per heavy atom. The number of likely N-dealkylation sites (tertiary alicyclic amines) is 1. The summed E-state index contributed by atoms with van der Waals surface area (Å²) in [6, 6.07) is 6.90. The average molecular weight is 408 g/mol. The molecule has 152 valence electrons. The van der Waals surface area contributed by atoms with E-state index in [1.165, 1.54) is 0 Å². The van der Waals surface area contributed by atoms with Crippen LogP contribution in [0.2, 0.25) is 0 Å². The van der Waals surface area contributed by atoms with Crippen LogP contribution in [0.1, 0.15) is 29.3 Å². The topological polar surface area (TPSA) is 93.8 Å². The Balaban J connectivity index is 0.00000225. The van der Waals surface area contributed by atoms with Gasteiger partial charge >= 0.3 is 6.03 Å². The van der Waals surface area contributed by atoms with Crippen LogP contribution in [0.15, 0.2) is 24.3 Å². The van der Waals surface area contributed by atoms with Crippen molar-refractivity contribution in [1.82, 2.24) is 25.8 Å². The van der Waals surface area contributed by atoms with Crippen LogP contribution in [-0.2, 0) is 10.3 Å². The first-order chi connectivity index (χ1) is 13.0. The minimum absolute atomic E-state index is 0. The minimum atomic E-state index is -1.15. The zero-order valence-corrected chi connectivity index (χ0v) is 16.7. The first-order valence-electron chi connectivity index (χ1n) is 9.45. The summed E-state index contributed by atoms with van der Waals surface area (Å²) in [6.07, 6.45) is 0.988. The molecule has 0 radical (unpaired) electrons. The number of hydrogen-bond acceptors (Lipinski definition) is 5. The van der Waals surface area contributed by atoms with Gasteiger partial charge in [0.15, 0.2) is 0 Å². The highest BCUT2D eigenvalue weighted by molar-refractivity contribution is 6.07. The number of halogens is 1. The molecule has 8 nitrogen and oxygen atoms in total. The van der Waals surface area contributed by atoms with Gasteiger partial charge in [-0.3, -0.25) is 19.8 Å². The number of rotatable bonds is 3. The van der Waals surface area contributed by atoms with E-state index < -0.39 is 17.5 Å². The fourth-order valence-corrected chi connectivity index (χ4v) is 4.16. The van der Waals surface area contributed by atoms with Gasteiger partial charge < -0.3 is 15.5 Å². The molecule has 1 aromatic rings. The molecule has 3 N–H and O–H groups in total. The lowest BCUT2D eigenvalue weighted by molar-refractivity contribution is -0.123. The first-order valence-corrected chi connectivity index (χ1v) is 9.45. The van der Waals surface area contributed by atoms with E-state index in [0.717, 1.165) is 45.7 Å². The van der Waals surface area contributed by atoms with E-state index in [4.69, 9.17) is 0 Å². The molecule has 3 fully saturated rings. The van der Waals surface area contributed by atoms with E-state index in [1.807, 2.05) is 4.90 Å². The maximum atomic E-state index is 13.0. The third-order valence-electron chi connectivity index (χ3n) is 5.85. The van der Waals surface area contributed by atoms with E-state index in [2.05, 4.69) is 20.9 Å². The lowest BCUT2D eigenvalue weighted by Crippen LogP contribution is -2.49. The molecule has 2 atom stereocenters. The molecular formula is C19H26ClN5O3. The molecule has 0 bridgehead atoms. The Morgan fingerprint density at radius 1 is 1.18 bits per heavy atom. The second kappa shape index (κ2) is 8.06. The largest absolute Gasteiger partial charge is 0.337 e. The highest BCUT2D eigenvalue weighted by Gasteiger charge is 2.43. The van der Waals surface area contributed by atoms with Gasteiger partial charge in [0, 0.05) is 50.9 Å². The molecule has 4 amide bonds. The fourth-order valence-electron chi connectivity index (χ4n) is 4.16. The number of urea groups is 1. The standard InChI is InChI=1S/C19H25N5O3.ClH/c1-19(17(26)21-18(27)22-19)14-4-2-3-13(11-14)16(25)24-8-5-15(12-24)23-9-6-20-7-10-23;/h2-4,11,15,20H,5-10,12H2,1H3,(H2,21,22,26,27);1H. The average Bonchev–Trinajstić information content (AvgIpc) is 3.27. The van der Waals surface area contributed by atoms with Gasteiger partial charge in [0.05, 0.1) is 0 Å². The van der Waals surface area contributed by atoms with Gasteiger partial charge in [-0.2, -0.15) is 0 Å². The summed E-state index contributed by atoms with van der Waals surface area (Å²) in [7, 11) is 0. The van der Waals surface area contributed by atoms with E-state index in [0.29, 0.717) is 17.2 Å². The zero-order chi connectivity index (χ0) is 19.0. The molecule has 2 unspecified atom stereocenters. The number of hydrogen-bond donors (Lipinski definition) is 3. The van der Waals surface area contributed by atoms with Crippen LogP contribution in [0.25, 0.3) is 0 Å². The predicted molar refractivity (Wildman–Crippen MR) is 106 cm³/mol. The van der Waals surface area contributed by atoms with Gasteiger partial charge in [-0.25, -0.2) is 4.79 Å². The monoisotopic (exact) mass is 407 g/mol. The molecule has 3 saturated heterocycles. The third kappa shape index (κ3) is 3.72. The summed E-state index contributed by atoms with van der Waals surface area (Å²) in [5, 5.41) is 8.26. The number of imide groups is 1. The van der Waals surface area contributed by atoms with E-state index in [1.54, 1.807) is 31.2 Å². The third-order valence-corrected chi connectivity index (χ3v) is 5.85. The molecule has 0 spiro atoms. The van der Waals surface area contributed by atoms with Gasteiger partial charge in [0.1, 0.15) is 5.54 Å². The Labute approximate surface area is 170 Å². The maximum Gasteiger partial charge on any atom is 0.322 e. The van der Waals surface area contributed by atoms with Crippen molar-refractivity contribution in [2.45, 2.75) is 24.9 Å². The molecule has 3 heterocycles. The second-order valence-corrected chi connectivity index (χ2v) is 7.59. The summed E-state index contributed by atoms with van der Waals surface area (Å²) >= 11 is 0. The van der Waals surface area contributed by atoms with E-state index >= 15 is 0 Å². The van der Waals surface area contributed by atoms with Crippen molar-refractivity contribution in [3.63, 3.8) is 0 Å². The minimum Gasteiger partial charge on any atom is -0.337 e. The van der Waals surface area contributed by atoms with Crippen molar-refractivity contribution in [1.29, 1.82) is 0 Å². The van der Waals surface area contributed by atoms with Crippen LogP contribution in [0, 0.1) is 0 Å². The van der Waals surface area contributed by atoms with Crippen LogP contribution >= 0.6 is 12.4 Å². The molecule has 0 saturated carbocycles. The SMILES string of the molecule is CC1(c2cccc(C(=O)N3CCC(N4CCNCC4)C3)c2)NC(=O)NC1=O.Cl. The van der Waals surface area contributed by atoms with Crippen LogP contribution in [0.4, 0.5) is 4.79 Å². The smallest absolute Gasteiger partial charge is 0.322 e. The normalized spacial score (nSPS) is 27.9. The van der Waals surface area contributed by atoms with Crippen LogP contribution in [0.3, 0.4) is 0 Å². The summed E-state index contributed by atoms with van der Waals surface area (Å²) in [5.74, 6) is -0.431. The number of piperazine rings is 1. The molecule has 3 aliphatic heterocycles. The molecule has 0 aromatic heterocycles. The van der Waals surface area contributed by atoms with Crippen molar-refractivity contribution in [2.24, 2.45) is 0 Å². The molecule has 3 aliphatic rings. The summed E-state index contributed by atoms with van der Waals surface area (Å²) in [5.41, 5.74) is 0.0000263. The van der Waals surface area contributed by atoms with E-state index in [-0.39, 0.29) is 18.3 Å². The molecule has 9 heteroatoms. The molecule has 4 rings (SSSR count). The fraction of sp³-hybridized carbons (Fsp3) is 0.526. The van der Waals surface area contributed by atoms with Crippen molar-refractivity contribution in [3.8, 4) is 0 Å². The van der Waals surface area contributed by atoms with Gasteiger partial charge in [-0.05, 0) is 31.0 Å². The number of carbonyl (C=O) groups excluding carboxylic acids is 3. The Hall–Kier alpha value is -2.16. The van der Waals surface area contributed by atoms with Crippen molar-refractivity contribution >= 4 is 30.3 Å². The highest BCUT2D eigenvalue weighted by atomic mass is 35.5. The van der Waals surface area contributed by atoms with Crippen molar-refractivity contribution < 1.29 is 14.4 Å². The number of nitrogens with zero attached hydrogens (tertiary/aromatic N) is 2. The molecular weight excluding hydrogens is 382 g/mol. The zero-order valence-electron chi connectivity index (χ0n) is 15.9.